The van der Waals surface area contributed by atoms with Crippen molar-refractivity contribution in [3.05, 3.63) is 117 Å². The number of amides is 3. The summed E-state index contributed by atoms with van der Waals surface area (Å²) in [6.45, 7) is 4.45. The number of fused-ring (bicyclic) bond motifs is 1. The third-order valence-electron chi connectivity index (χ3n) is 9.31. The van der Waals surface area contributed by atoms with Gasteiger partial charge in [-0.25, -0.2) is 4.79 Å². The number of likely N-dealkylation sites (N-methyl/N-ethyl adjacent to an activating group) is 1. The van der Waals surface area contributed by atoms with Crippen LogP contribution in [0, 0.1) is 0 Å². The smallest absolute Gasteiger partial charge is 0.335 e. The molecule has 0 bridgehead atoms. The summed E-state index contributed by atoms with van der Waals surface area (Å²) < 4.78 is 5.41. The number of anilines is 2. The van der Waals surface area contributed by atoms with Gasteiger partial charge >= 0.3 is 5.97 Å². The van der Waals surface area contributed by atoms with Gasteiger partial charge in [-0.2, -0.15) is 0 Å². The number of rotatable bonds is 12. The predicted molar refractivity (Wildman–Crippen MR) is 195 cm³/mol. The maximum absolute atomic E-state index is 13.8. The van der Waals surface area contributed by atoms with Crippen LogP contribution in [0.3, 0.4) is 0 Å². The molecule has 0 radical (unpaired) electrons. The van der Waals surface area contributed by atoms with E-state index in [2.05, 4.69) is 15.5 Å². The van der Waals surface area contributed by atoms with E-state index >= 15 is 0 Å². The van der Waals surface area contributed by atoms with E-state index in [1.165, 1.54) is 11.3 Å². The first kappa shape index (κ1) is 35.0. The van der Waals surface area contributed by atoms with Crippen molar-refractivity contribution in [2.45, 2.75) is 38.5 Å². The number of carbonyl (C=O) groups is 4. The molecule has 2 heterocycles. The fourth-order valence-electron chi connectivity index (χ4n) is 6.35. The largest absolute Gasteiger partial charge is 0.478 e. The summed E-state index contributed by atoms with van der Waals surface area (Å²) >= 11 is 1.45. The predicted octanol–water partition coefficient (Wildman–Crippen LogP) is 6.02. The van der Waals surface area contributed by atoms with Gasteiger partial charge < -0.3 is 25.4 Å². The topological polar surface area (TPSA) is 128 Å². The SMILES string of the molecule is CN(CCN1CCOCC1)C(=O)c1cccc(C(=O)Nc2sc3c(c2C(=O)Nc2ccc(CCc4ccc(C(=O)O)cc4)cc2)CCCC3)c1. The molecule has 1 aromatic heterocycles. The molecule has 3 N–H and O–H groups in total. The first-order valence-electron chi connectivity index (χ1n) is 17.1. The van der Waals surface area contributed by atoms with Crippen molar-refractivity contribution < 1.29 is 29.0 Å². The van der Waals surface area contributed by atoms with Crippen molar-refractivity contribution in [2.24, 2.45) is 0 Å². The summed E-state index contributed by atoms with van der Waals surface area (Å²) in [6, 6.07) is 21.3. The molecule has 0 atom stereocenters. The Hall–Kier alpha value is -4.84. The molecule has 4 aromatic rings. The molecule has 0 saturated carbocycles. The molecule has 3 amide bonds. The number of aryl methyl sites for hydroxylation is 3. The minimum absolute atomic E-state index is 0.153. The van der Waals surface area contributed by atoms with Gasteiger partial charge in [0.1, 0.15) is 5.00 Å². The van der Waals surface area contributed by atoms with Crippen molar-refractivity contribution in [2.75, 3.05) is 57.1 Å². The Morgan fingerprint density at radius 3 is 2.18 bits per heavy atom. The van der Waals surface area contributed by atoms with Gasteiger partial charge in [0.25, 0.3) is 17.7 Å². The third kappa shape index (κ3) is 8.65. The number of hydrogen-bond acceptors (Lipinski definition) is 7. The van der Waals surface area contributed by atoms with Gasteiger partial charge in [-0.15, -0.1) is 11.3 Å². The number of morpholine rings is 1. The fraction of sp³-hybridized carbons (Fsp3) is 0.333. The lowest BCUT2D eigenvalue weighted by Gasteiger charge is -2.28. The lowest BCUT2D eigenvalue weighted by molar-refractivity contribution is 0.0338. The second-order valence-corrected chi connectivity index (χ2v) is 13.9. The van der Waals surface area contributed by atoms with Crippen LogP contribution in [-0.4, -0.2) is 85.0 Å². The number of carbonyl (C=O) groups excluding carboxylic acids is 3. The van der Waals surface area contributed by atoms with Crippen molar-refractivity contribution >= 4 is 45.7 Å². The molecular weight excluding hydrogens is 653 g/mol. The van der Waals surface area contributed by atoms with E-state index in [0.29, 0.717) is 47.1 Å². The molecule has 50 heavy (non-hydrogen) atoms. The van der Waals surface area contributed by atoms with Gasteiger partial charge in [-0.3, -0.25) is 19.3 Å². The molecule has 1 aliphatic heterocycles. The zero-order valence-corrected chi connectivity index (χ0v) is 29.0. The molecule has 0 unspecified atom stereocenters. The number of benzene rings is 3. The van der Waals surface area contributed by atoms with Crippen LogP contribution in [0.15, 0.2) is 72.8 Å². The quantitative estimate of drug-likeness (QED) is 0.166. The second kappa shape index (κ2) is 16.2. The maximum Gasteiger partial charge on any atom is 0.335 e. The van der Waals surface area contributed by atoms with Crippen LogP contribution >= 0.6 is 11.3 Å². The molecule has 6 rings (SSSR count). The van der Waals surface area contributed by atoms with Gasteiger partial charge in [-0.1, -0.05) is 30.3 Å². The highest BCUT2D eigenvalue weighted by Crippen LogP contribution is 2.39. The summed E-state index contributed by atoms with van der Waals surface area (Å²) in [5.74, 6) is -1.73. The van der Waals surface area contributed by atoms with E-state index in [1.807, 2.05) is 36.4 Å². The highest BCUT2D eigenvalue weighted by molar-refractivity contribution is 7.17. The van der Waals surface area contributed by atoms with Crippen LogP contribution in [0.2, 0.25) is 0 Å². The highest BCUT2D eigenvalue weighted by atomic mass is 32.1. The van der Waals surface area contributed by atoms with Crippen LogP contribution in [0.1, 0.15) is 75.8 Å². The monoisotopic (exact) mass is 694 g/mol. The average molecular weight is 695 g/mol. The van der Waals surface area contributed by atoms with E-state index in [4.69, 9.17) is 9.84 Å². The number of hydrogen-bond donors (Lipinski definition) is 3. The van der Waals surface area contributed by atoms with Gasteiger partial charge in [0, 0.05) is 54.9 Å². The molecule has 1 aliphatic carbocycles. The fourth-order valence-corrected chi connectivity index (χ4v) is 7.63. The molecule has 2 aliphatic rings. The number of nitrogens with zero attached hydrogens (tertiary/aromatic N) is 2. The zero-order chi connectivity index (χ0) is 35.0. The molecular formula is C39H42N4O6S. The standard InChI is InChI=1S/C39H42N4O6S/c1-42(19-20-43-21-23-49-24-22-43)38(46)30-6-4-5-29(25-30)35(44)41-37-34(32-7-2-3-8-33(32)50-37)36(45)40-31-17-13-27(14-18-31)10-9-26-11-15-28(16-12-26)39(47)48/h4-6,11-18,25H,2-3,7-10,19-24H2,1H3,(H,40,45)(H,41,44)(H,47,48). The Bertz CT molecular complexity index is 1850. The third-order valence-corrected chi connectivity index (χ3v) is 10.5. The second-order valence-electron chi connectivity index (χ2n) is 12.8. The molecule has 260 valence electrons. The highest BCUT2D eigenvalue weighted by Gasteiger charge is 2.27. The Labute approximate surface area is 296 Å². The first-order valence-corrected chi connectivity index (χ1v) is 17.9. The average Bonchev–Trinajstić information content (AvgIpc) is 3.51. The maximum atomic E-state index is 13.8. The molecule has 3 aromatic carbocycles. The Balaban J connectivity index is 1.10. The summed E-state index contributed by atoms with van der Waals surface area (Å²) in [5, 5.41) is 15.7. The molecule has 1 saturated heterocycles. The number of aromatic carboxylic acids is 1. The number of carboxylic acids is 1. The van der Waals surface area contributed by atoms with Crippen molar-refractivity contribution in [1.82, 2.24) is 9.80 Å². The Kier molecular flexibility index (Phi) is 11.4. The van der Waals surface area contributed by atoms with E-state index in [0.717, 1.165) is 79.7 Å². The first-order chi connectivity index (χ1) is 24.2. The van der Waals surface area contributed by atoms with Crippen LogP contribution in [0.4, 0.5) is 10.7 Å². The molecule has 0 spiro atoms. The Morgan fingerprint density at radius 1 is 0.820 bits per heavy atom. The van der Waals surface area contributed by atoms with Gasteiger partial charge in [0.05, 0.1) is 24.3 Å². The van der Waals surface area contributed by atoms with Gasteiger partial charge in [0.15, 0.2) is 0 Å². The summed E-state index contributed by atoms with van der Waals surface area (Å²) in [4.78, 5) is 56.8. The van der Waals surface area contributed by atoms with Crippen LogP contribution in [0.5, 0.6) is 0 Å². The van der Waals surface area contributed by atoms with Crippen LogP contribution in [-0.2, 0) is 30.4 Å². The number of nitrogens with one attached hydrogen (secondary N) is 2. The van der Waals surface area contributed by atoms with Crippen LogP contribution in [0.25, 0.3) is 0 Å². The van der Waals surface area contributed by atoms with Gasteiger partial charge in [0.2, 0.25) is 0 Å². The summed E-state index contributed by atoms with van der Waals surface area (Å²) in [7, 11) is 1.77. The van der Waals surface area contributed by atoms with E-state index < -0.39 is 5.97 Å². The minimum atomic E-state index is -0.941. The normalized spacial score (nSPS) is 14.4. The minimum Gasteiger partial charge on any atom is -0.478 e. The lowest BCUT2D eigenvalue weighted by Crippen LogP contribution is -2.41. The summed E-state index contributed by atoms with van der Waals surface area (Å²) in [5.41, 5.74) is 5.34. The van der Waals surface area contributed by atoms with Crippen LogP contribution < -0.4 is 10.6 Å². The van der Waals surface area contributed by atoms with E-state index in [9.17, 15) is 19.2 Å². The summed E-state index contributed by atoms with van der Waals surface area (Å²) in [6.07, 6.45) is 5.19. The number of ether oxygens (including phenoxy) is 1. The molecule has 1 fully saturated rings. The number of thiophene rings is 1. The molecule has 10 nitrogen and oxygen atoms in total. The lowest BCUT2D eigenvalue weighted by atomic mass is 9.95. The Morgan fingerprint density at radius 2 is 1.48 bits per heavy atom. The van der Waals surface area contributed by atoms with E-state index in [1.54, 1.807) is 48.3 Å². The van der Waals surface area contributed by atoms with Crippen molar-refractivity contribution in [1.29, 1.82) is 0 Å². The zero-order valence-electron chi connectivity index (χ0n) is 28.2. The number of carboxylic acid groups (broad SMARTS) is 1. The van der Waals surface area contributed by atoms with E-state index in [-0.39, 0.29) is 23.3 Å². The molecule has 11 heteroatoms. The van der Waals surface area contributed by atoms with Crippen molar-refractivity contribution in [3.8, 4) is 0 Å². The van der Waals surface area contributed by atoms with Crippen molar-refractivity contribution in [3.63, 3.8) is 0 Å². The van der Waals surface area contributed by atoms with Gasteiger partial charge in [-0.05, 0) is 97.7 Å².